The van der Waals surface area contributed by atoms with Gasteiger partial charge in [0, 0.05) is 31.9 Å². The number of thioether (sulfide) groups is 1. The second-order valence-corrected chi connectivity index (χ2v) is 9.54. The normalized spacial score (nSPS) is 14.2. The third-order valence-corrected chi connectivity index (χ3v) is 7.23. The quantitative estimate of drug-likeness (QED) is 0.605. The lowest BCUT2D eigenvalue weighted by atomic mass is 10.2. The van der Waals surface area contributed by atoms with Crippen LogP contribution in [0.1, 0.15) is 5.56 Å². The Labute approximate surface area is 184 Å². The molecule has 1 aromatic heterocycles. The summed E-state index contributed by atoms with van der Waals surface area (Å²) in [5, 5.41) is 3.54. The van der Waals surface area contributed by atoms with Crippen molar-refractivity contribution in [1.29, 1.82) is 0 Å². The molecule has 1 amide bonds. The number of rotatable bonds is 4. The number of thiazole rings is 1. The van der Waals surface area contributed by atoms with Crippen LogP contribution in [0.5, 0.6) is 0 Å². The Morgan fingerprint density at radius 2 is 1.93 bits per heavy atom. The van der Waals surface area contributed by atoms with Gasteiger partial charge in [-0.15, -0.1) is 0 Å². The number of carbonyl (C=O) groups is 1. The lowest BCUT2D eigenvalue weighted by Crippen LogP contribution is -2.47. The standard InChI is InChI=1S/C21H22N4OS3/c1-15-7-8-17-18(13-15)29-20(22-17)23-19(26)14-28-21(27)25-11-9-24(10-12-25)16-5-3-2-4-6-16/h2-8,13H,9-12,14H2,1H3,(H,22,23,26). The number of nitrogens with zero attached hydrogens (tertiary/aromatic N) is 3. The van der Waals surface area contributed by atoms with Crippen LogP contribution in [0.2, 0.25) is 0 Å². The van der Waals surface area contributed by atoms with Crippen LogP contribution in [0.15, 0.2) is 48.5 Å². The Bertz CT molecular complexity index is 1010. The van der Waals surface area contributed by atoms with Gasteiger partial charge in [0.25, 0.3) is 0 Å². The van der Waals surface area contributed by atoms with Gasteiger partial charge in [-0.05, 0) is 36.8 Å². The first-order chi connectivity index (χ1) is 14.1. The first-order valence-corrected chi connectivity index (χ1v) is 11.7. The van der Waals surface area contributed by atoms with E-state index < -0.39 is 0 Å². The second kappa shape index (κ2) is 9.11. The highest BCUT2D eigenvalue weighted by molar-refractivity contribution is 8.23. The van der Waals surface area contributed by atoms with Crippen LogP contribution in [0.25, 0.3) is 10.2 Å². The van der Waals surface area contributed by atoms with Crippen LogP contribution in [-0.2, 0) is 4.79 Å². The molecule has 2 heterocycles. The predicted molar refractivity (Wildman–Crippen MR) is 128 cm³/mol. The molecule has 0 unspecified atom stereocenters. The van der Waals surface area contributed by atoms with Crippen molar-refractivity contribution >= 4 is 66.6 Å². The number of anilines is 2. The number of piperazine rings is 1. The molecule has 0 spiro atoms. The highest BCUT2D eigenvalue weighted by Gasteiger charge is 2.20. The van der Waals surface area contributed by atoms with Gasteiger partial charge in [0.1, 0.15) is 4.32 Å². The first-order valence-electron chi connectivity index (χ1n) is 9.47. The third-order valence-electron chi connectivity index (χ3n) is 4.78. The van der Waals surface area contributed by atoms with Gasteiger partial charge in [0.05, 0.1) is 16.0 Å². The van der Waals surface area contributed by atoms with Gasteiger partial charge in [-0.1, -0.05) is 59.6 Å². The number of hydrogen-bond acceptors (Lipinski definition) is 6. The molecule has 8 heteroatoms. The zero-order chi connectivity index (χ0) is 20.2. The summed E-state index contributed by atoms with van der Waals surface area (Å²) < 4.78 is 1.87. The van der Waals surface area contributed by atoms with Crippen LogP contribution in [0.4, 0.5) is 10.8 Å². The van der Waals surface area contributed by atoms with E-state index in [2.05, 4.69) is 57.4 Å². The number of fused-ring (bicyclic) bond motifs is 1. The molecule has 0 radical (unpaired) electrons. The second-order valence-electron chi connectivity index (χ2n) is 6.90. The Balaban J connectivity index is 1.24. The molecule has 1 aliphatic rings. The Hall–Kier alpha value is -2.16. The summed E-state index contributed by atoms with van der Waals surface area (Å²) in [6.07, 6.45) is 0. The maximum Gasteiger partial charge on any atom is 0.236 e. The van der Waals surface area contributed by atoms with Crippen molar-refractivity contribution in [3.63, 3.8) is 0 Å². The van der Waals surface area contributed by atoms with Gasteiger partial charge in [-0.2, -0.15) is 0 Å². The summed E-state index contributed by atoms with van der Waals surface area (Å²) in [4.78, 5) is 21.4. The molecule has 3 aromatic rings. The number of para-hydroxylation sites is 1. The van der Waals surface area contributed by atoms with Gasteiger partial charge in [0.2, 0.25) is 5.91 Å². The monoisotopic (exact) mass is 442 g/mol. The Morgan fingerprint density at radius 1 is 1.17 bits per heavy atom. The SMILES string of the molecule is Cc1ccc2nc(NC(=O)CSC(=S)N3CCN(c4ccccc4)CC3)sc2c1. The van der Waals surface area contributed by atoms with Crippen LogP contribution in [-0.4, -0.2) is 52.0 Å². The van der Waals surface area contributed by atoms with E-state index in [1.807, 2.05) is 18.2 Å². The van der Waals surface area contributed by atoms with Crippen LogP contribution >= 0.6 is 35.3 Å². The van der Waals surface area contributed by atoms with Crippen molar-refractivity contribution in [3.05, 3.63) is 54.1 Å². The average Bonchev–Trinajstić information content (AvgIpc) is 3.14. The van der Waals surface area contributed by atoms with Crippen LogP contribution < -0.4 is 10.2 Å². The van der Waals surface area contributed by atoms with Gasteiger partial charge < -0.3 is 15.1 Å². The molecule has 0 bridgehead atoms. The number of amides is 1. The van der Waals surface area contributed by atoms with Crippen LogP contribution in [0.3, 0.4) is 0 Å². The number of aryl methyl sites for hydroxylation is 1. The maximum absolute atomic E-state index is 12.3. The number of aromatic nitrogens is 1. The van der Waals surface area contributed by atoms with Gasteiger partial charge >= 0.3 is 0 Å². The van der Waals surface area contributed by atoms with Crippen molar-refractivity contribution < 1.29 is 4.79 Å². The van der Waals surface area contributed by atoms with Crippen LogP contribution in [0, 0.1) is 6.92 Å². The number of hydrogen-bond donors (Lipinski definition) is 1. The van der Waals surface area contributed by atoms with E-state index in [0.29, 0.717) is 10.9 Å². The number of carbonyl (C=O) groups excluding carboxylic acids is 1. The van der Waals surface area contributed by atoms with Crippen molar-refractivity contribution in [2.75, 3.05) is 42.1 Å². The molecular formula is C21H22N4OS3. The van der Waals surface area contributed by atoms with E-state index in [9.17, 15) is 4.79 Å². The van der Waals surface area contributed by atoms with E-state index in [4.69, 9.17) is 12.2 Å². The van der Waals surface area contributed by atoms with Gasteiger partial charge in [-0.25, -0.2) is 4.98 Å². The number of nitrogens with one attached hydrogen (secondary N) is 1. The van der Waals surface area contributed by atoms with Crippen molar-refractivity contribution in [1.82, 2.24) is 9.88 Å². The summed E-state index contributed by atoms with van der Waals surface area (Å²) in [5.41, 5.74) is 3.35. The lowest BCUT2D eigenvalue weighted by molar-refractivity contribution is -0.113. The largest absolute Gasteiger partial charge is 0.368 e. The molecule has 0 saturated carbocycles. The zero-order valence-electron chi connectivity index (χ0n) is 16.1. The highest BCUT2D eigenvalue weighted by atomic mass is 32.2. The fraction of sp³-hybridized carbons (Fsp3) is 0.286. The smallest absolute Gasteiger partial charge is 0.236 e. The van der Waals surface area contributed by atoms with E-state index >= 15 is 0 Å². The third kappa shape index (κ3) is 5.07. The molecule has 0 atom stereocenters. The topological polar surface area (TPSA) is 48.5 Å². The molecule has 150 valence electrons. The number of thiocarbonyl (C=S) groups is 1. The highest BCUT2D eigenvalue weighted by Crippen LogP contribution is 2.27. The molecule has 4 rings (SSSR count). The molecule has 1 N–H and O–H groups in total. The minimum atomic E-state index is -0.0731. The minimum Gasteiger partial charge on any atom is -0.368 e. The predicted octanol–water partition coefficient (Wildman–Crippen LogP) is 4.38. The fourth-order valence-corrected chi connectivity index (χ4v) is 5.28. The van der Waals surface area contributed by atoms with E-state index in [1.54, 1.807) is 0 Å². The van der Waals surface area contributed by atoms with Crippen molar-refractivity contribution in [2.24, 2.45) is 0 Å². The summed E-state index contributed by atoms with van der Waals surface area (Å²) >= 11 is 8.48. The molecular weight excluding hydrogens is 420 g/mol. The van der Waals surface area contributed by atoms with E-state index in [-0.39, 0.29) is 5.91 Å². The number of benzene rings is 2. The fourth-order valence-electron chi connectivity index (χ4n) is 3.25. The minimum absolute atomic E-state index is 0.0731. The molecule has 1 fully saturated rings. The summed E-state index contributed by atoms with van der Waals surface area (Å²) in [6, 6.07) is 16.5. The molecule has 0 aliphatic carbocycles. The van der Waals surface area contributed by atoms with Crippen molar-refractivity contribution in [2.45, 2.75) is 6.92 Å². The zero-order valence-corrected chi connectivity index (χ0v) is 18.6. The molecule has 1 aliphatic heterocycles. The van der Waals surface area contributed by atoms with E-state index in [0.717, 1.165) is 40.7 Å². The van der Waals surface area contributed by atoms with Gasteiger partial charge in [-0.3, -0.25) is 4.79 Å². The Morgan fingerprint density at radius 3 is 2.69 bits per heavy atom. The van der Waals surface area contributed by atoms with Crippen molar-refractivity contribution in [3.8, 4) is 0 Å². The first kappa shape index (κ1) is 20.1. The molecule has 5 nitrogen and oxygen atoms in total. The summed E-state index contributed by atoms with van der Waals surface area (Å²) in [5.74, 6) is 0.225. The summed E-state index contributed by atoms with van der Waals surface area (Å²) in [6.45, 7) is 5.66. The van der Waals surface area contributed by atoms with Gasteiger partial charge in [0.15, 0.2) is 5.13 Å². The average molecular weight is 443 g/mol. The molecule has 29 heavy (non-hydrogen) atoms. The summed E-state index contributed by atoms with van der Waals surface area (Å²) in [7, 11) is 0. The Kier molecular flexibility index (Phi) is 6.32. The molecule has 2 aromatic carbocycles. The lowest BCUT2D eigenvalue weighted by Gasteiger charge is -2.37. The molecule has 1 saturated heterocycles. The maximum atomic E-state index is 12.3. The van der Waals surface area contributed by atoms with E-state index in [1.165, 1.54) is 34.3 Å².